The first-order valence-corrected chi connectivity index (χ1v) is 6.59. The van der Waals surface area contributed by atoms with Gasteiger partial charge in [-0.25, -0.2) is 4.39 Å². The number of benzene rings is 2. The van der Waals surface area contributed by atoms with Crippen LogP contribution in [0.25, 0.3) is 0 Å². The Morgan fingerprint density at radius 1 is 1.21 bits per heavy atom. The van der Waals surface area contributed by atoms with Crippen molar-refractivity contribution in [1.82, 2.24) is 0 Å². The van der Waals surface area contributed by atoms with Crippen molar-refractivity contribution >= 4 is 17.4 Å². The summed E-state index contributed by atoms with van der Waals surface area (Å²) < 4.78 is 18.5. The van der Waals surface area contributed by atoms with E-state index in [1.165, 1.54) is 17.8 Å². The van der Waals surface area contributed by atoms with Crippen molar-refractivity contribution in [3.63, 3.8) is 0 Å². The molecule has 0 fully saturated rings. The molecule has 98 valence electrons. The van der Waals surface area contributed by atoms with Crippen LogP contribution in [0.3, 0.4) is 0 Å². The summed E-state index contributed by atoms with van der Waals surface area (Å²) in [6.45, 7) is 0. The molecule has 0 aliphatic heterocycles. The molecule has 0 bridgehead atoms. The smallest absolute Gasteiger partial charge is 0.314 e. The Hall–Kier alpha value is -2.08. The summed E-state index contributed by atoms with van der Waals surface area (Å²) in [5, 5.41) is 10.9. The molecule has 0 N–H and O–H groups in total. The highest BCUT2D eigenvalue weighted by atomic mass is 32.2. The van der Waals surface area contributed by atoms with E-state index in [9.17, 15) is 14.5 Å². The third-order valence-electron chi connectivity index (χ3n) is 2.41. The van der Waals surface area contributed by atoms with Crippen LogP contribution in [-0.2, 0) is 0 Å². The predicted octanol–water partition coefficient (Wildman–Crippen LogP) is 4.25. The van der Waals surface area contributed by atoms with E-state index in [1.54, 1.807) is 12.1 Å². The van der Waals surface area contributed by atoms with E-state index in [1.807, 2.05) is 18.4 Å². The molecule has 0 heterocycles. The molecule has 0 saturated heterocycles. The second kappa shape index (κ2) is 5.71. The molecule has 0 saturated carbocycles. The number of nitrogens with zero attached hydrogens (tertiary/aromatic N) is 1. The van der Waals surface area contributed by atoms with Gasteiger partial charge in [0.05, 0.1) is 11.0 Å². The zero-order chi connectivity index (χ0) is 13.8. The molecule has 2 rings (SSSR count). The molecule has 6 heteroatoms. The standard InChI is InChI=1S/C13H10FNO3S/c1-19-13-5-3-2-4-12(13)18-11-7-6-9(14)8-10(11)15(16)17/h2-8H,1H3. The van der Waals surface area contributed by atoms with Crippen LogP contribution in [-0.4, -0.2) is 11.2 Å². The summed E-state index contributed by atoms with van der Waals surface area (Å²) in [5.41, 5.74) is -0.393. The zero-order valence-corrected chi connectivity index (χ0v) is 10.8. The highest BCUT2D eigenvalue weighted by molar-refractivity contribution is 7.98. The van der Waals surface area contributed by atoms with E-state index >= 15 is 0 Å². The Morgan fingerprint density at radius 2 is 1.95 bits per heavy atom. The minimum atomic E-state index is -0.669. The van der Waals surface area contributed by atoms with Crippen LogP contribution in [0.2, 0.25) is 0 Å². The van der Waals surface area contributed by atoms with Crippen molar-refractivity contribution in [2.24, 2.45) is 0 Å². The normalized spacial score (nSPS) is 10.2. The molecular weight excluding hydrogens is 269 g/mol. The second-order valence-corrected chi connectivity index (χ2v) is 4.47. The zero-order valence-electron chi connectivity index (χ0n) is 10.00. The van der Waals surface area contributed by atoms with Gasteiger partial charge in [-0.05, 0) is 30.5 Å². The number of halogens is 1. The Bertz CT molecular complexity index is 619. The number of para-hydroxylation sites is 1. The van der Waals surface area contributed by atoms with Crippen molar-refractivity contribution in [3.8, 4) is 11.5 Å². The molecule has 0 radical (unpaired) electrons. The molecule has 0 unspecified atom stereocenters. The predicted molar refractivity (Wildman–Crippen MR) is 71.4 cm³/mol. The number of nitro groups is 1. The highest BCUT2D eigenvalue weighted by Gasteiger charge is 2.17. The first-order valence-electron chi connectivity index (χ1n) is 5.36. The molecule has 0 amide bonds. The van der Waals surface area contributed by atoms with Crippen LogP contribution in [0.1, 0.15) is 0 Å². The summed E-state index contributed by atoms with van der Waals surface area (Å²) in [7, 11) is 0. The SMILES string of the molecule is CSc1ccccc1Oc1ccc(F)cc1[N+](=O)[O-]. The van der Waals surface area contributed by atoms with Crippen LogP contribution >= 0.6 is 11.8 Å². The van der Waals surface area contributed by atoms with Gasteiger partial charge in [-0.2, -0.15) is 0 Å². The average Bonchev–Trinajstić information content (AvgIpc) is 2.41. The van der Waals surface area contributed by atoms with Crippen molar-refractivity contribution < 1.29 is 14.1 Å². The molecule has 0 atom stereocenters. The van der Waals surface area contributed by atoms with Crippen LogP contribution in [0.5, 0.6) is 11.5 Å². The quantitative estimate of drug-likeness (QED) is 0.477. The summed E-state index contributed by atoms with van der Waals surface area (Å²) in [6, 6.07) is 10.4. The number of hydrogen-bond acceptors (Lipinski definition) is 4. The summed E-state index contributed by atoms with van der Waals surface area (Å²) in [6.07, 6.45) is 1.88. The maximum absolute atomic E-state index is 13.0. The van der Waals surface area contributed by atoms with Gasteiger partial charge in [0.2, 0.25) is 5.75 Å². The van der Waals surface area contributed by atoms with Gasteiger partial charge in [-0.1, -0.05) is 12.1 Å². The minimum absolute atomic E-state index is 0.0212. The third-order valence-corrected chi connectivity index (χ3v) is 3.18. The van der Waals surface area contributed by atoms with Gasteiger partial charge in [0.15, 0.2) is 0 Å². The fourth-order valence-corrected chi connectivity index (χ4v) is 2.07. The lowest BCUT2D eigenvalue weighted by Crippen LogP contribution is -1.95. The van der Waals surface area contributed by atoms with E-state index in [0.717, 1.165) is 17.0 Å². The third kappa shape index (κ3) is 3.03. The molecule has 0 aliphatic rings. The fraction of sp³-hybridized carbons (Fsp3) is 0.0769. The van der Waals surface area contributed by atoms with E-state index < -0.39 is 16.4 Å². The van der Waals surface area contributed by atoms with Gasteiger partial charge in [-0.15, -0.1) is 11.8 Å². The number of hydrogen-bond donors (Lipinski definition) is 0. The van der Waals surface area contributed by atoms with Crippen molar-refractivity contribution in [3.05, 3.63) is 58.4 Å². The molecular formula is C13H10FNO3S. The summed E-state index contributed by atoms with van der Waals surface area (Å²) in [4.78, 5) is 11.1. The molecule has 0 spiro atoms. The summed E-state index contributed by atoms with van der Waals surface area (Å²) in [5.74, 6) is -0.144. The number of rotatable bonds is 4. The van der Waals surface area contributed by atoms with E-state index in [2.05, 4.69) is 0 Å². The van der Waals surface area contributed by atoms with Gasteiger partial charge in [0.25, 0.3) is 0 Å². The monoisotopic (exact) mass is 279 g/mol. The van der Waals surface area contributed by atoms with Gasteiger partial charge < -0.3 is 4.74 Å². The van der Waals surface area contributed by atoms with Gasteiger partial charge in [-0.3, -0.25) is 10.1 Å². The molecule has 4 nitrogen and oxygen atoms in total. The molecule has 0 aliphatic carbocycles. The molecule has 0 aromatic heterocycles. The Balaban J connectivity index is 2.41. The van der Waals surface area contributed by atoms with Crippen LogP contribution in [0, 0.1) is 15.9 Å². The first kappa shape index (κ1) is 13.4. The maximum Gasteiger partial charge on any atom is 0.314 e. The molecule has 2 aromatic rings. The van der Waals surface area contributed by atoms with Gasteiger partial charge in [0, 0.05) is 4.90 Å². The van der Waals surface area contributed by atoms with E-state index in [-0.39, 0.29) is 5.75 Å². The van der Waals surface area contributed by atoms with E-state index in [4.69, 9.17) is 4.74 Å². The van der Waals surface area contributed by atoms with Crippen molar-refractivity contribution in [2.75, 3.05) is 6.26 Å². The van der Waals surface area contributed by atoms with Gasteiger partial charge in [0.1, 0.15) is 11.6 Å². The highest BCUT2D eigenvalue weighted by Crippen LogP contribution is 2.35. The maximum atomic E-state index is 13.0. The lowest BCUT2D eigenvalue weighted by molar-refractivity contribution is -0.385. The topological polar surface area (TPSA) is 52.4 Å². The number of thioether (sulfide) groups is 1. The van der Waals surface area contributed by atoms with Crippen molar-refractivity contribution in [1.29, 1.82) is 0 Å². The molecule has 2 aromatic carbocycles. The van der Waals surface area contributed by atoms with Gasteiger partial charge >= 0.3 is 5.69 Å². The average molecular weight is 279 g/mol. The Kier molecular flexibility index (Phi) is 4.01. The van der Waals surface area contributed by atoms with Crippen molar-refractivity contribution in [2.45, 2.75) is 4.90 Å². The molecule has 19 heavy (non-hydrogen) atoms. The van der Waals surface area contributed by atoms with Crippen LogP contribution in [0.15, 0.2) is 47.4 Å². The summed E-state index contributed by atoms with van der Waals surface area (Å²) >= 11 is 1.46. The second-order valence-electron chi connectivity index (χ2n) is 3.62. The van der Waals surface area contributed by atoms with E-state index in [0.29, 0.717) is 5.75 Å². The number of nitro benzene ring substituents is 1. The Morgan fingerprint density at radius 3 is 2.63 bits per heavy atom. The minimum Gasteiger partial charge on any atom is -0.449 e. The first-order chi connectivity index (χ1) is 9.11. The lowest BCUT2D eigenvalue weighted by Gasteiger charge is -2.09. The fourth-order valence-electron chi connectivity index (χ4n) is 1.54. The Labute approximate surface area is 113 Å². The van der Waals surface area contributed by atoms with Crippen LogP contribution in [0.4, 0.5) is 10.1 Å². The number of ether oxygens (including phenoxy) is 1. The lowest BCUT2D eigenvalue weighted by atomic mass is 10.3. The van der Waals surface area contributed by atoms with Crippen LogP contribution < -0.4 is 4.74 Å². The largest absolute Gasteiger partial charge is 0.449 e.